The van der Waals surface area contributed by atoms with Gasteiger partial charge in [-0.1, -0.05) is 49.2 Å². The van der Waals surface area contributed by atoms with Crippen LogP contribution in [-0.2, 0) is 0 Å². The second-order valence-electron chi connectivity index (χ2n) is 4.78. The van der Waals surface area contributed by atoms with E-state index in [4.69, 9.17) is 28.9 Å². The number of hydrogen-bond acceptors (Lipinski definition) is 1. The van der Waals surface area contributed by atoms with Crippen LogP contribution in [0.15, 0.2) is 18.2 Å². The van der Waals surface area contributed by atoms with Crippen molar-refractivity contribution in [1.82, 2.24) is 0 Å². The van der Waals surface area contributed by atoms with Crippen molar-refractivity contribution in [3.05, 3.63) is 33.8 Å². The molecule has 82 valence electrons. The molecule has 0 aliphatic heterocycles. The van der Waals surface area contributed by atoms with Crippen molar-refractivity contribution in [2.24, 2.45) is 17.1 Å². The molecule has 3 heteroatoms. The summed E-state index contributed by atoms with van der Waals surface area (Å²) in [5.41, 5.74) is 7.15. The van der Waals surface area contributed by atoms with E-state index in [0.717, 1.165) is 5.56 Å². The minimum atomic E-state index is 0.253. The van der Waals surface area contributed by atoms with E-state index >= 15 is 0 Å². The van der Waals surface area contributed by atoms with Crippen molar-refractivity contribution < 1.29 is 0 Å². The number of nitrogens with two attached hydrogens (primary N) is 1. The van der Waals surface area contributed by atoms with Gasteiger partial charge in [0.05, 0.1) is 10.0 Å². The Morgan fingerprint density at radius 1 is 1.33 bits per heavy atom. The monoisotopic (exact) mass is 243 g/mol. The van der Waals surface area contributed by atoms with Crippen LogP contribution in [0.5, 0.6) is 0 Å². The molecule has 2 rings (SSSR count). The van der Waals surface area contributed by atoms with Crippen molar-refractivity contribution in [1.29, 1.82) is 0 Å². The Morgan fingerprint density at radius 3 is 2.53 bits per heavy atom. The molecule has 2 N–H and O–H groups in total. The van der Waals surface area contributed by atoms with E-state index < -0.39 is 0 Å². The maximum atomic E-state index is 6.21. The van der Waals surface area contributed by atoms with Crippen LogP contribution in [0.1, 0.15) is 25.3 Å². The topological polar surface area (TPSA) is 26.0 Å². The first-order chi connectivity index (χ1) is 7.00. The molecule has 1 aromatic rings. The van der Waals surface area contributed by atoms with Crippen molar-refractivity contribution in [2.75, 3.05) is 6.54 Å². The summed E-state index contributed by atoms with van der Waals surface area (Å²) in [6.07, 6.45) is 0. The zero-order valence-electron chi connectivity index (χ0n) is 8.93. The van der Waals surface area contributed by atoms with Gasteiger partial charge in [-0.05, 0) is 35.4 Å². The van der Waals surface area contributed by atoms with Crippen LogP contribution in [0.2, 0.25) is 10.0 Å². The Bertz CT molecular complexity index is 387. The van der Waals surface area contributed by atoms with Gasteiger partial charge in [0.2, 0.25) is 0 Å². The lowest BCUT2D eigenvalue weighted by Crippen LogP contribution is -2.05. The molecular weight excluding hydrogens is 229 g/mol. The smallest absolute Gasteiger partial charge is 0.0627 e. The van der Waals surface area contributed by atoms with E-state index in [1.54, 1.807) is 0 Å². The second-order valence-corrected chi connectivity index (χ2v) is 5.57. The summed E-state index contributed by atoms with van der Waals surface area (Å²) < 4.78 is 0. The predicted octanol–water partition coefficient (Wildman–Crippen LogP) is 3.69. The molecule has 0 aromatic heterocycles. The Kier molecular flexibility index (Phi) is 2.74. The van der Waals surface area contributed by atoms with Gasteiger partial charge in [-0.25, -0.2) is 0 Å². The Labute approximate surface area is 101 Å². The highest BCUT2D eigenvalue weighted by atomic mass is 35.5. The lowest BCUT2D eigenvalue weighted by molar-refractivity contribution is 0.558. The molecule has 15 heavy (non-hydrogen) atoms. The van der Waals surface area contributed by atoms with Crippen LogP contribution in [-0.4, -0.2) is 6.54 Å². The van der Waals surface area contributed by atoms with Gasteiger partial charge in [0.15, 0.2) is 0 Å². The van der Waals surface area contributed by atoms with E-state index in [1.807, 2.05) is 12.1 Å². The molecule has 1 aliphatic carbocycles. The van der Waals surface area contributed by atoms with Gasteiger partial charge in [-0.3, -0.25) is 0 Å². The summed E-state index contributed by atoms with van der Waals surface area (Å²) in [4.78, 5) is 0. The van der Waals surface area contributed by atoms with Crippen LogP contribution in [0.3, 0.4) is 0 Å². The average Bonchev–Trinajstić information content (AvgIpc) is 2.73. The fraction of sp³-hybridized carbons (Fsp3) is 0.500. The summed E-state index contributed by atoms with van der Waals surface area (Å²) >= 11 is 12.2. The molecule has 1 nitrogen and oxygen atoms in total. The summed E-state index contributed by atoms with van der Waals surface area (Å²) in [5, 5.41) is 1.32. The van der Waals surface area contributed by atoms with Gasteiger partial charge < -0.3 is 5.73 Å². The first kappa shape index (κ1) is 11.3. The molecule has 0 saturated heterocycles. The summed E-state index contributed by atoms with van der Waals surface area (Å²) in [7, 11) is 0. The number of hydrogen-bond donors (Lipinski definition) is 1. The normalized spacial score (nSPS) is 27.8. The van der Waals surface area contributed by atoms with Gasteiger partial charge >= 0.3 is 0 Å². The van der Waals surface area contributed by atoms with Crippen LogP contribution < -0.4 is 5.73 Å². The van der Waals surface area contributed by atoms with Crippen LogP contribution in [0.25, 0.3) is 0 Å². The zero-order chi connectivity index (χ0) is 11.2. The Morgan fingerprint density at radius 2 is 2.00 bits per heavy atom. The van der Waals surface area contributed by atoms with Crippen molar-refractivity contribution >= 4 is 23.2 Å². The molecule has 0 unspecified atom stereocenters. The Balaban J connectivity index is 2.37. The highest BCUT2D eigenvalue weighted by Crippen LogP contribution is 2.65. The van der Waals surface area contributed by atoms with Crippen molar-refractivity contribution in [2.45, 2.75) is 19.8 Å². The standard InChI is InChI=1S/C12H15Cl2N/c1-12(2)8(6-15)10(12)7-4-3-5-9(13)11(7)14/h3-5,8,10H,6,15H2,1-2H3/t8-,10-/m0/s1. The molecule has 0 amide bonds. The minimum Gasteiger partial charge on any atom is -0.330 e. The fourth-order valence-electron chi connectivity index (χ4n) is 2.56. The van der Waals surface area contributed by atoms with Crippen molar-refractivity contribution in [3.8, 4) is 0 Å². The average molecular weight is 244 g/mol. The predicted molar refractivity (Wildman–Crippen MR) is 65.5 cm³/mol. The van der Waals surface area contributed by atoms with E-state index in [2.05, 4.69) is 19.9 Å². The minimum absolute atomic E-state index is 0.253. The van der Waals surface area contributed by atoms with E-state index in [-0.39, 0.29) is 5.41 Å². The van der Waals surface area contributed by atoms with Gasteiger partial charge in [0.1, 0.15) is 0 Å². The quantitative estimate of drug-likeness (QED) is 0.843. The van der Waals surface area contributed by atoms with Crippen LogP contribution in [0.4, 0.5) is 0 Å². The molecule has 0 heterocycles. The molecular formula is C12H15Cl2N. The first-order valence-corrected chi connectivity index (χ1v) is 5.89. The van der Waals surface area contributed by atoms with E-state index in [9.17, 15) is 0 Å². The summed E-state index contributed by atoms with van der Waals surface area (Å²) in [6.45, 7) is 5.17. The molecule has 1 fully saturated rings. The lowest BCUT2D eigenvalue weighted by atomic mass is 10.0. The molecule has 1 aromatic carbocycles. The van der Waals surface area contributed by atoms with Gasteiger partial charge in [-0.2, -0.15) is 0 Å². The maximum absolute atomic E-state index is 6.21. The van der Waals surface area contributed by atoms with E-state index in [1.165, 1.54) is 0 Å². The van der Waals surface area contributed by atoms with Crippen molar-refractivity contribution in [3.63, 3.8) is 0 Å². The van der Waals surface area contributed by atoms with Crippen LogP contribution >= 0.6 is 23.2 Å². The third kappa shape index (κ3) is 1.67. The van der Waals surface area contributed by atoms with Gasteiger partial charge in [0.25, 0.3) is 0 Å². The molecule has 1 saturated carbocycles. The van der Waals surface area contributed by atoms with E-state index in [0.29, 0.717) is 28.4 Å². The third-order valence-electron chi connectivity index (χ3n) is 3.62. The molecule has 0 radical (unpaired) electrons. The number of rotatable bonds is 2. The largest absolute Gasteiger partial charge is 0.330 e. The SMILES string of the molecule is CC1(C)[C@@H](CN)[C@@H]1c1cccc(Cl)c1Cl. The second kappa shape index (κ2) is 3.65. The first-order valence-electron chi connectivity index (χ1n) is 5.14. The van der Waals surface area contributed by atoms with Gasteiger partial charge in [0, 0.05) is 0 Å². The number of halogens is 2. The van der Waals surface area contributed by atoms with Crippen LogP contribution in [0, 0.1) is 11.3 Å². The van der Waals surface area contributed by atoms with Gasteiger partial charge in [-0.15, -0.1) is 0 Å². The zero-order valence-corrected chi connectivity index (χ0v) is 10.4. The molecule has 0 spiro atoms. The molecule has 1 aliphatic rings. The number of benzene rings is 1. The third-order valence-corrected chi connectivity index (χ3v) is 4.45. The summed E-state index contributed by atoms with van der Waals surface area (Å²) in [5.74, 6) is 0.974. The highest BCUT2D eigenvalue weighted by molar-refractivity contribution is 6.42. The Hall–Kier alpha value is -0.240. The molecule has 2 atom stereocenters. The fourth-order valence-corrected chi connectivity index (χ4v) is 2.99. The lowest BCUT2D eigenvalue weighted by Gasteiger charge is -2.06. The maximum Gasteiger partial charge on any atom is 0.0627 e. The molecule has 0 bridgehead atoms. The summed E-state index contributed by atoms with van der Waals surface area (Å²) in [6, 6.07) is 5.82. The highest BCUT2D eigenvalue weighted by Gasteiger charge is 2.57.